The molecule has 0 aliphatic carbocycles. The van der Waals surface area contributed by atoms with Gasteiger partial charge >= 0.3 is 6.09 Å². The molecule has 0 saturated heterocycles. The maximum absolute atomic E-state index is 12.8. The summed E-state index contributed by atoms with van der Waals surface area (Å²) < 4.78 is 5.55. The molecule has 30 heavy (non-hydrogen) atoms. The van der Waals surface area contributed by atoms with Crippen molar-refractivity contribution in [1.82, 2.24) is 15.2 Å². The molecule has 3 rings (SSSR count). The maximum atomic E-state index is 12.8. The van der Waals surface area contributed by atoms with Crippen molar-refractivity contribution < 1.29 is 19.4 Å². The van der Waals surface area contributed by atoms with Gasteiger partial charge in [-0.1, -0.05) is 35.9 Å². The van der Waals surface area contributed by atoms with Crippen LogP contribution in [-0.4, -0.2) is 51.3 Å². The number of pyridine rings is 1. The Balaban J connectivity index is 1.73. The molecule has 2 N–H and O–H groups in total. The van der Waals surface area contributed by atoms with E-state index < -0.39 is 23.8 Å². The molecule has 2 heterocycles. The minimum absolute atomic E-state index is 0.0202. The molecule has 1 aromatic heterocycles. The number of fused-ring (bicyclic) bond motifs is 1. The van der Waals surface area contributed by atoms with Crippen LogP contribution in [0.15, 0.2) is 42.6 Å². The van der Waals surface area contributed by atoms with Gasteiger partial charge in [-0.15, -0.1) is 0 Å². The molecule has 7 nitrogen and oxygen atoms in total. The number of hydrogen-bond acceptors (Lipinski definition) is 5. The second-order valence-corrected chi connectivity index (χ2v) is 8.68. The Bertz CT molecular complexity index is 911. The maximum Gasteiger partial charge on any atom is 0.410 e. The first-order chi connectivity index (χ1) is 14.1. The molecule has 1 aliphatic heterocycles. The van der Waals surface area contributed by atoms with Gasteiger partial charge in [0, 0.05) is 19.3 Å². The number of ether oxygens (including phenoxy) is 1. The first kappa shape index (κ1) is 22.1. The molecule has 2 aromatic rings. The molecule has 1 aliphatic rings. The van der Waals surface area contributed by atoms with Crippen LogP contribution >= 0.6 is 11.6 Å². The second-order valence-electron chi connectivity index (χ2n) is 8.30. The number of aliphatic hydroxyl groups excluding tert-OH is 1. The van der Waals surface area contributed by atoms with E-state index in [1.807, 2.05) is 24.3 Å². The molecule has 1 aromatic carbocycles. The number of carbonyl (C=O) groups excluding carboxylic acids is 2. The summed E-state index contributed by atoms with van der Waals surface area (Å²) in [5, 5.41) is 13.8. The number of aliphatic hydroxyl groups is 1. The lowest BCUT2D eigenvalue weighted by Crippen LogP contribution is -2.54. The highest BCUT2D eigenvalue weighted by atomic mass is 35.5. The molecular weight excluding hydrogens is 406 g/mol. The van der Waals surface area contributed by atoms with Gasteiger partial charge in [-0.2, -0.15) is 0 Å². The van der Waals surface area contributed by atoms with Crippen molar-refractivity contribution in [1.29, 1.82) is 0 Å². The summed E-state index contributed by atoms with van der Waals surface area (Å²) in [7, 11) is 0. The molecule has 8 heteroatoms. The third-order valence-electron chi connectivity index (χ3n) is 4.82. The van der Waals surface area contributed by atoms with E-state index >= 15 is 0 Å². The molecule has 2 atom stereocenters. The Morgan fingerprint density at radius 1 is 1.27 bits per heavy atom. The number of rotatable bonds is 4. The highest BCUT2D eigenvalue weighted by Crippen LogP contribution is 2.27. The lowest BCUT2D eigenvalue weighted by atomic mass is 9.91. The minimum Gasteiger partial charge on any atom is -0.444 e. The van der Waals surface area contributed by atoms with Gasteiger partial charge in [0.15, 0.2) is 0 Å². The number of nitrogens with one attached hydrogen (secondary N) is 1. The predicted octanol–water partition coefficient (Wildman–Crippen LogP) is 3.19. The Morgan fingerprint density at radius 3 is 2.60 bits per heavy atom. The summed E-state index contributed by atoms with van der Waals surface area (Å²) >= 11 is 5.75. The van der Waals surface area contributed by atoms with Crippen LogP contribution in [0.1, 0.15) is 42.3 Å². The van der Waals surface area contributed by atoms with Gasteiger partial charge in [0.05, 0.1) is 17.7 Å². The van der Waals surface area contributed by atoms with Crippen molar-refractivity contribution in [2.24, 2.45) is 0 Å². The quantitative estimate of drug-likeness (QED) is 0.725. The molecule has 2 amide bonds. The zero-order valence-corrected chi connectivity index (χ0v) is 18.0. The zero-order chi connectivity index (χ0) is 21.9. The van der Waals surface area contributed by atoms with Gasteiger partial charge in [0.2, 0.25) is 0 Å². The van der Waals surface area contributed by atoms with Gasteiger partial charge in [-0.05, 0) is 50.5 Å². The lowest BCUT2D eigenvalue weighted by molar-refractivity contribution is -0.0113. The third-order valence-corrected chi connectivity index (χ3v) is 5.05. The average molecular weight is 432 g/mol. The number of halogens is 1. The van der Waals surface area contributed by atoms with Crippen LogP contribution in [0.5, 0.6) is 0 Å². The lowest BCUT2D eigenvalue weighted by Gasteiger charge is -2.40. The van der Waals surface area contributed by atoms with E-state index in [0.29, 0.717) is 23.7 Å². The van der Waals surface area contributed by atoms with Gasteiger partial charge in [-0.3, -0.25) is 9.69 Å². The molecule has 1 unspecified atom stereocenters. The van der Waals surface area contributed by atoms with Gasteiger partial charge in [0.25, 0.3) is 5.91 Å². The first-order valence-electron chi connectivity index (χ1n) is 9.78. The van der Waals surface area contributed by atoms with Gasteiger partial charge in [-0.25, -0.2) is 9.78 Å². The van der Waals surface area contributed by atoms with E-state index in [9.17, 15) is 14.7 Å². The first-order valence-corrected chi connectivity index (χ1v) is 10.2. The summed E-state index contributed by atoms with van der Waals surface area (Å²) in [4.78, 5) is 30.6. The Labute approximate surface area is 181 Å². The standard InChI is InChI=1S/C22H26ClN3O4/c1-22(2,3)30-21(29)26-13-16-7-5-4-6-14(16)10-17(26)18(27)12-25-20(28)15-8-9-19(23)24-11-15/h4-9,11,17-18,27H,10,12-13H2,1-3H3,(H,25,28)/t17-,18?/m0/s1. The number of amides is 2. The molecule has 160 valence electrons. The predicted molar refractivity (Wildman–Crippen MR) is 113 cm³/mol. The fourth-order valence-electron chi connectivity index (χ4n) is 3.36. The topological polar surface area (TPSA) is 91.8 Å². The van der Waals surface area contributed by atoms with Crippen LogP contribution in [-0.2, 0) is 17.7 Å². The number of aromatic nitrogens is 1. The normalized spacial score (nSPS) is 17.1. The van der Waals surface area contributed by atoms with Crippen LogP contribution in [0.25, 0.3) is 0 Å². The van der Waals surface area contributed by atoms with Crippen LogP contribution in [0, 0.1) is 0 Å². The van der Waals surface area contributed by atoms with Gasteiger partial charge in [0.1, 0.15) is 10.8 Å². The fraction of sp³-hybridized carbons (Fsp3) is 0.409. The van der Waals surface area contributed by atoms with Crippen molar-refractivity contribution in [2.45, 2.75) is 51.5 Å². The van der Waals surface area contributed by atoms with Crippen LogP contribution in [0.3, 0.4) is 0 Å². The van der Waals surface area contributed by atoms with E-state index in [1.165, 1.54) is 17.2 Å². The second kappa shape index (κ2) is 9.02. The van der Waals surface area contributed by atoms with Crippen molar-refractivity contribution in [3.63, 3.8) is 0 Å². The Hall–Kier alpha value is -2.64. The highest BCUT2D eigenvalue weighted by Gasteiger charge is 2.36. The summed E-state index contributed by atoms with van der Waals surface area (Å²) in [5.74, 6) is -0.377. The average Bonchev–Trinajstić information content (AvgIpc) is 2.70. The molecule has 0 bridgehead atoms. The van der Waals surface area contributed by atoms with E-state index in [1.54, 1.807) is 26.8 Å². The molecule has 0 fully saturated rings. The number of benzene rings is 1. The Kier molecular flexibility index (Phi) is 6.63. The van der Waals surface area contributed by atoms with Crippen molar-refractivity contribution in [3.05, 3.63) is 64.4 Å². The number of nitrogens with zero attached hydrogens (tertiary/aromatic N) is 2. The third kappa shape index (κ3) is 5.49. The molecule has 0 saturated carbocycles. The largest absolute Gasteiger partial charge is 0.444 e. The van der Waals surface area contributed by atoms with E-state index in [4.69, 9.17) is 16.3 Å². The molecule has 0 spiro atoms. The summed E-state index contributed by atoms with van der Waals surface area (Å²) in [6, 6.07) is 10.3. The summed E-state index contributed by atoms with van der Waals surface area (Å²) in [6.45, 7) is 5.72. The van der Waals surface area contributed by atoms with Crippen LogP contribution < -0.4 is 5.32 Å². The summed E-state index contributed by atoms with van der Waals surface area (Å²) in [6.07, 6.45) is 0.368. The minimum atomic E-state index is -0.977. The van der Waals surface area contributed by atoms with E-state index in [2.05, 4.69) is 10.3 Å². The SMILES string of the molecule is CC(C)(C)OC(=O)N1Cc2ccccc2C[C@H]1C(O)CNC(=O)c1ccc(Cl)nc1. The monoisotopic (exact) mass is 431 g/mol. The number of hydrogen-bond donors (Lipinski definition) is 2. The van der Waals surface area contributed by atoms with Crippen LogP contribution in [0.2, 0.25) is 5.15 Å². The van der Waals surface area contributed by atoms with Gasteiger partial charge < -0.3 is 15.2 Å². The highest BCUT2D eigenvalue weighted by molar-refractivity contribution is 6.29. The molecule has 0 radical (unpaired) electrons. The van der Waals surface area contributed by atoms with E-state index in [-0.39, 0.29) is 12.5 Å². The van der Waals surface area contributed by atoms with Crippen molar-refractivity contribution in [2.75, 3.05) is 6.54 Å². The molecular formula is C22H26ClN3O4. The summed E-state index contributed by atoms with van der Waals surface area (Å²) in [5.41, 5.74) is 1.77. The van der Waals surface area contributed by atoms with Crippen molar-refractivity contribution in [3.8, 4) is 0 Å². The zero-order valence-electron chi connectivity index (χ0n) is 17.3. The van der Waals surface area contributed by atoms with E-state index in [0.717, 1.165) is 11.1 Å². The Morgan fingerprint density at radius 2 is 1.97 bits per heavy atom. The smallest absolute Gasteiger partial charge is 0.410 e. The van der Waals surface area contributed by atoms with Crippen molar-refractivity contribution >= 4 is 23.6 Å². The van der Waals surface area contributed by atoms with Crippen LogP contribution in [0.4, 0.5) is 4.79 Å². The number of carbonyl (C=O) groups is 2. The fourth-order valence-corrected chi connectivity index (χ4v) is 3.47.